The van der Waals surface area contributed by atoms with Crippen molar-refractivity contribution < 1.29 is 4.39 Å². The summed E-state index contributed by atoms with van der Waals surface area (Å²) >= 11 is 0. The zero-order valence-corrected chi connectivity index (χ0v) is 18.2. The Hall–Kier alpha value is -0.890. The van der Waals surface area contributed by atoms with E-state index in [1.165, 1.54) is 25.9 Å². The molecule has 1 aromatic carbocycles. The lowest BCUT2D eigenvalue weighted by Crippen LogP contribution is -2.41. The molecule has 1 aliphatic carbocycles. The van der Waals surface area contributed by atoms with Crippen LogP contribution >= 0.6 is 24.0 Å². The van der Waals surface area contributed by atoms with E-state index in [0.29, 0.717) is 0 Å². The SMILES string of the molecule is CN=C(NCCCN1CCC(C)CC1)NC1CC1c1ccccc1F.I. The maximum Gasteiger partial charge on any atom is 0.191 e. The Labute approximate surface area is 174 Å². The van der Waals surface area contributed by atoms with E-state index in [9.17, 15) is 4.39 Å². The number of hydrogen-bond donors (Lipinski definition) is 2. The van der Waals surface area contributed by atoms with E-state index in [0.717, 1.165) is 43.4 Å². The topological polar surface area (TPSA) is 39.7 Å². The van der Waals surface area contributed by atoms with Gasteiger partial charge in [-0.15, -0.1) is 24.0 Å². The molecule has 1 saturated heterocycles. The van der Waals surface area contributed by atoms with Crippen LogP contribution < -0.4 is 10.6 Å². The number of aliphatic imine (C=N–C) groups is 1. The molecule has 0 bridgehead atoms. The second-order valence-electron chi connectivity index (χ2n) is 7.49. The van der Waals surface area contributed by atoms with Gasteiger partial charge in [-0.3, -0.25) is 4.99 Å². The van der Waals surface area contributed by atoms with Crippen LogP contribution in [0.5, 0.6) is 0 Å². The van der Waals surface area contributed by atoms with Gasteiger partial charge in [0.25, 0.3) is 0 Å². The van der Waals surface area contributed by atoms with Crippen molar-refractivity contribution in [2.45, 2.75) is 44.6 Å². The minimum absolute atomic E-state index is 0. The fraction of sp³-hybridized carbons (Fsp3) is 0.650. The van der Waals surface area contributed by atoms with Crippen LogP contribution in [-0.4, -0.2) is 50.1 Å². The summed E-state index contributed by atoms with van der Waals surface area (Å²) in [6, 6.07) is 7.36. The van der Waals surface area contributed by atoms with Gasteiger partial charge in [0.2, 0.25) is 0 Å². The monoisotopic (exact) mass is 474 g/mol. The Kier molecular flexibility index (Phi) is 8.60. The predicted octanol–water partition coefficient (Wildman–Crippen LogP) is 3.59. The van der Waals surface area contributed by atoms with Crippen molar-refractivity contribution >= 4 is 29.9 Å². The Morgan fingerprint density at radius 1 is 1.27 bits per heavy atom. The van der Waals surface area contributed by atoms with Crippen molar-refractivity contribution in [2.75, 3.05) is 33.2 Å². The zero-order valence-electron chi connectivity index (χ0n) is 15.9. The summed E-state index contributed by atoms with van der Waals surface area (Å²) in [5, 5.41) is 6.81. The van der Waals surface area contributed by atoms with E-state index in [4.69, 9.17) is 0 Å². The second kappa shape index (κ2) is 10.4. The third-order valence-electron chi connectivity index (χ3n) is 5.46. The standard InChI is InChI=1S/C20H31FN4.HI/c1-15-8-12-25(13-9-15)11-5-10-23-20(22-2)24-19-14-17(19)16-6-3-4-7-18(16)21;/h3-4,6-7,15,17,19H,5,8-14H2,1-2H3,(H2,22,23,24);1H. The van der Waals surface area contributed by atoms with Crippen LogP contribution in [0.2, 0.25) is 0 Å². The fourth-order valence-corrected chi connectivity index (χ4v) is 3.64. The maximum absolute atomic E-state index is 13.8. The number of halogens is 2. The number of likely N-dealkylation sites (tertiary alicyclic amines) is 1. The molecule has 1 aliphatic heterocycles. The van der Waals surface area contributed by atoms with Gasteiger partial charge in [0.05, 0.1) is 0 Å². The number of rotatable bonds is 6. The van der Waals surface area contributed by atoms with Gasteiger partial charge >= 0.3 is 0 Å². The normalized spacial score (nSPS) is 24.0. The predicted molar refractivity (Wildman–Crippen MR) is 117 cm³/mol. The summed E-state index contributed by atoms with van der Waals surface area (Å²) in [6.45, 7) is 6.89. The molecule has 6 heteroatoms. The quantitative estimate of drug-likeness (QED) is 0.287. The van der Waals surface area contributed by atoms with Crippen molar-refractivity contribution in [2.24, 2.45) is 10.9 Å². The molecule has 2 unspecified atom stereocenters. The van der Waals surface area contributed by atoms with Crippen LogP contribution in [0.3, 0.4) is 0 Å². The summed E-state index contributed by atoms with van der Waals surface area (Å²) < 4.78 is 13.8. The Bertz CT molecular complexity index is 587. The number of piperidine rings is 1. The highest BCUT2D eigenvalue weighted by molar-refractivity contribution is 14.0. The lowest BCUT2D eigenvalue weighted by molar-refractivity contribution is 0.191. The van der Waals surface area contributed by atoms with E-state index in [1.54, 1.807) is 19.2 Å². The number of nitrogens with zero attached hydrogens (tertiary/aromatic N) is 2. The number of hydrogen-bond acceptors (Lipinski definition) is 2. The van der Waals surface area contributed by atoms with Gasteiger partial charge in [-0.25, -0.2) is 4.39 Å². The van der Waals surface area contributed by atoms with Crippen molar-refractivity contribution in [1.82, 2.24) is 15.5 Å². The number of guanidine groups is 1. The summed E-state index contributed by atoms with van der Waals surface area (Å²) in [6.07, 6.45) is 4.75. The van der Waals surface area contributed by atoms with Crippen LogP contribution in [0.25, 0.3) is 0 Å². The van der Waals surface area contributed by atoms with E-state index in [1.807, 2.05) is 12.1 Å². The molecule has 2 aliphatic rings. The highest BCUT2D eigenvalue weighted by Crippen LogP contribution is 2.41. The minimum atomic E-state index is -0.101. The average Bonchev–Trinajstić information content (AvgIpc) is 3.38. The molecule has 4 nitrogen and oxygen atoms in total. The lowest BCUT2D eigenvalue weighted by atomic mass is 9.99. The van der Waals surface area contributed by atoms with Crippen LogP contribution in [-0.2, 0) is 0 Å². The first-order valence-corrected chi connectivity index (χ1v) is 9.61. The van der Waals surface area contributed by atoms with Gasteiger partial charge in [0, 0.05) is 25.6 Å². The van der Waals surface area contributed by atoms with E-state index >= 15 is 0 Å². The molecule has 2 atom stereocenters. The summed E-state index contributed by atoms with van der Waals surface area (Å²) in [5.41, 5.74) is 0.815. The number of benzene rings is 1. The van der Waals surface area contributed by atoms with Crippen LogP contribution in [0.1, 0.15) is 44.1 Å². The maximum atomic E-state index is 13.8. The first-order chi connectivity index (χ1) is 12.2. The van der Waals surface area contributed by atoms with E-state index in [-0.39, 0.29) is 41.8 Å². The largest absolute Gasteiger partial charge is 0.356 e. The van der Waals surface area contributed by atoms with Crippen LogP contribution in [0.4, 0.5) is 4.39 Å². The Morgan fingerprint density at radius 2 is 2.00 bits per heavy atom. The third-order valence-corrected chi connectivity index (χ3v) is 5.46. The van der Waals surface area contributed by atoms with Crippen LogP contribution in [0, 0.1) is 11.7 Å². The molecule has 0 spiro atoms. The molecule has 3 rings (SSSR count). The summed E-state index contributed by atoms with van der Waals surface area (Å²) in [7, 11) is 1.79. The Morgan fingerprint density at radius 3 is 2.69 bits per heavy atom. The zero-order chi connectivity index (χ0) is 17.6. The van der Waals surface area contributed by atoms with Gasteiger partial charge in [-0.2, -0.15) is 0 Å². The van der Waals surface area contributed by atoms with Gasteiger partial charge in [0.15, 0.2) is 5.96 Å². The molecule has 146 valence electrons. The molecule has 26 heavy (non-hydrogen) atoms. The lowest BCUT2D eigenvalue weighted by Gasteiger charge is -2.30. The van der Waals surface area contributed by atoms with Gasteiger partial charge in [-0.1, -0.05) is 25.1 Å². The fourth-order valence-electron chi connectivity index (χ4n) is 3.64. The average molecular weight is 474 g/mol. The van der Waals surface area contributed by atoms with E-state index in [2.05, 4.69) is 27.4 Å². The molecular weight excluding hydrogens is 442 g/mol. The van der Waals surface area contributed by atoms with Gasteiger partial charge in [0.1, 0.15) is 5.82 Å². The number of nitrogens with one attached hydrogen (secondary N) is 2. The van der Waals surface area contributed by atoms with E-state index < -0.39 is 0 Å². The minimum Gasteiger partial charge on any atom is -0.356 e. The highest BCUT2D eigenvalue weighted by Gasteiger charge is 2.40. The molecule has 1 aromatic rings. The van der Waals surface area contributed by atoms with Gasteiger partial charge in [-0.05, 0) is 62.9 Å². The Balaban J connectivity index is 0.00000243. The molecule has 2 N–H and O–H groups in total. The first-order valence-electron chi connectivity index (χ1n) is 9.61. The van der Waals surface area contributed by atoms with Crippen molar-refractivity contribution in [3.63, 3.8) is 0 Å². The molecular formula is C20H32FIN4. The second-order valence-corrected chi connectivity index (χ2v) is 7.49. The van der Waals surface area contributed by atoms with Crippen molar-refractivity contribution in [3.8, 4) is 0 Å². The smallest absolute Gasteiger partial charge is 0.191 e. The summed E-state index contributed by atoms with van der Waals surface area (Å²) in [4.78, 5) is 6.86. The third kappa shape index (κ3) is 6.08. The molecule has 2 fully saturated rings. The van der Waals surface area contributed by atoms with Gasteiger partial charge < -0.3 is 15.5 Å². The van der Waals surface area contributed by atoms with Crippen LogP contribution in [0.15, 0.2) is 29.3 Å². The molecule has 1 saturated carbocycles. The van der Waals surface area contributed by atoms with Crippen molar-refractivity contribution in [1.29, 1.82) is 0 Å². The first kappa shape index (κ1) is 21.4. The van der Waals surface area contributed by atoms with Crippen molar-refractivity contribution in [3.05, 3.63) is 35.6 Å². The molecule has 0 amide bonds. The molecule has 0 aromatic heterocycles. The molecule has 0 radical (unpaired) electrons. The molecule has 1 heterocycles. The summed E-state index contributed by atoms with van der Waals surface area (Å²) in [5.74, 6) is 1.88. The highest BCUT2D eigenvalue weighted by atomic mass is 127.